The molecule has 1 aromatic carbocycles. The lowest BCUT2D eigenvalue weighted by atomic mass is 9.95. The van der Waals surface area contributed by atoms with E-state index < -0.39 is 37.1 Å². The quantitative estimate of drug-likeness (QED) is 0.342. The van der Waals surface area contributed by atoms with Crippen LogP contribution in [0.15, 0.2) is 30.3 Å². The van der Waals surface area contributed by atoms with Gasteiger partial charge < -0.3 is 30.6 Å². The lowest BCUT2D eigenvalue weighted by Gasteiger charge is -2.28. The van der Waals surface area contributed by atoms with Gasteiger partial charge in [-0.2, -0.15) is 0 Å². The molecule has 0 aromatic heterocycles. The summed E-state index contributed by atoms with van der Waals surface area (Å²) < 4.78 is 0. The summed E-state index contributed by atoms with van der Waals surface area (Å²) in [6.07, 6.45) is -7.88. The maximum absolute atomic E-state index is 9.78. The molecular formula is C13H20O6. The van der Waals surface area contributed by atoms with Crippen LogP contribution in [-0.4, -0.2) is 67.8 Å². The summed E-state index contributed by atoms with van der Waals surface area (Å²) in [5.74, 6) is 0. The van der Waals surface area contributed by atoms with E-state index in [1.807, 2.05) is 6.07 Å². The van der Waals surface area contributed by atoms with Gasteiger partial charge >= 0.3 is 0 Å². The molecule has 108 valence electrons. The van der Waals surface area contributed by atoms with E-state index in [2.05, 4.69) is 0 Å². The molecule has 6 N–H and O–H groups in total. The van der Waals surface area contributed by atoms with Gasteiger partial charge in [-0.05, 0) is 5.56 Å². The molecule has 0 amide bonds. The van der Waals surface area contributed by atoms with Gasteiger partial charge in [0.25, 0.3) is 0 Å². The summed E-state index contributed by atoms with van der Waals surface area (Å²) in [6.45, 7) is -0.750. The van der Waals surface area contributed by atoms with Gasteiger partial charge in [0.15, 0.2) is 0 Å². The fourth-order valence-electron chi connectivity index (χ4n) is 1.74. The van der Waals surface area contributed by atoms with E-state index >= 15 is 0 Å². The van der Waals surface area contributed by atoms with Crippen molar-refractivity contribution in [3.05, 3.63) is 35.9 Å². The molecule has 1 unspecified atom stereocenters. The highest BCUT2D eigenvalue weighted by Crippen LogP contribution is 2.12. The Morgan fingerprint density at radius 3 is 1.79 bits per heavy atom. The van der Waals surface area contributed by atoms with Crippen LogP contribution < -0.4 is 0 Å². The average Bonchev–Trinajstić information content (AvgIpc) is 2.44. The standard InChI is InChI=1S/C13H20O6/c14-7-10(16)12(18)13(19)11(17)9(15)6-8-4-2-1-3-5-8/h1-5,9-19H,6-7H2/t9?,10-,11-,12-,13-/m0/s1. The van der Waals surface area contributed by atoms with Crippen molar-refractivity contribution in [3.8, 4) is 0 Å². The van der Waals surface area contributed by atoms with Gasteiger partial charge in [0.1, 0.15) is 24.4 Å². The molecular weight excluding hydrogens is 252 g/mol. The monoisotopic (exact) mass is 272 g/mol. The molecule has 0 saturated heterocycles. The SMILES string of the molecule is OC[C@H](O)[C@H](O)[C@@H](O)[C@@H](O)C(O)Cc1ccccc1. The molecule has 0 radical (unpaired) electrons. The maximum atomic E-state index is 9.78. The van der Waals surface area contributed by atoms with E-state index in [9.17, 15) is 20.4 Å². The van der Waals surface area contributed by atoms with Gasteiger partial charge in [-0.3, -0.25) is 0 Å². The molecule has 0 bridgehead atoms. The van der Waals surface area contributed by atoms with Crippen molar-refractivity contribution in [1.82, 2.24) is 0 Å². The Balaban J connectivity index is 2.58. The smallest absolute Gasteiger partial charge is 0.111 e. The molecule has 0 fully saturated rings. The summed E-state index contributed by atoms with van der Waals surface area (Å²) in [5, 5.41) is 56.3. The van der Waals surface area contributed by atoms with Crippen molar-refractivity contribution < 1.29 is 30.6 Å². The Labute approximate surface area is 111 Å². The van der Waals surface area contributed by atoms with Crippen LogP contribution in [0.2, 0.25) is 0 Å². The molecule has 0 aliphatic carbocycles. The normalized spacial score (nSPS) is 19.5. The van der Waals surface area contributed by atoms with Crippen molar-refractivity contribution in [2.45, 2.75) is 36.9 Å². The van der Waals surface area contributed by atoms with Crippen molar-refractivity contribution in [2.24, 2.45) is 0 Å². The largest absolute Gasteiger partial charge is 0.394 e. The predicted octanol–water partition coefficient (Wildman–Crippen LogP) is -1.97. The molecule has 1 rings (SSSR count). The van der Waals surface area contributed by atoms with Gasteiger partial charge in [0.05, 0.1) is 12.7 Å². The topological polar surface area (TPSA) is 121 Å². The van der Waals surface area contributed by atoms with Crippen molar-refractivity contribution in [2.75, 3.05) is 6.61 Å². The minimum absolute atomic E-state index is 0.0982. The van der Waals surface area contributed by atoms with Crippen LogP contribution in [0, 0.1) is 0 Å². The lowest BCUT2D eigenvalue weighted by Crippen LogP contribution is -2.50. The van der Waals surface area contributed by atoms with E-state index in [1.54, 1.807) is 24.3 Å². The summed E-state index contributed by atoms with van der Waals surface area (Å²) in [5.41, 5.74) is 0.762. The first kappa shape index (κ1) is 16.0. The lowest BCUT2D eigenvalue weighted by molar-refractivity contribution is -0.139. The second kappa shape index (κ2) is 7.54. The predicted molar refractivity (Wildman–Crippen MR) is 67.3 cm³/mol. The minimum Gasteiger partial charge on any atom is -0.394 e. The maximum Gasteiger partial charge on any atom is 0.111 e. The van der Waals surface area contributed by atoms with E-state index in [0.29, 0.717) is 0 Å². The van der Waals surface area contributed by atoms with Crippen LogP contribution in [0.3, 0.4) is 0 Å². The second-order valence-corrected chi connectivity index (χ2v) is 4.48. The first-order valence-corrected chi connectivity index (χ1v) is 6.02. The molecule has 0 spiro atoms. The van der Waals surface area contributed by atoms with E-state index in [4.69, 9.17) is 10.2 Å². The number of aliphatic hydroxyl groups excluding tert-OH is 6. The Hall–Kier alpha value is -1.02. The van der Waals surface area contributed by atoms with Crippen LogP contribution in [0.4, 0.5) is 0 Å². The molecule has 0 aliphatic rings. The summed E-state index contributed by atoms with van der Waals surface area (Å²) in [7, 11) is 0. The van der Waals surface area contributed by atoms with E-state index in [1.165, 1.54) is 0 Å². The Morgan fingerprint density at radius 2 is 1.26 bits per heavy atom. The molecule has 0 heterocycles. The molecule has 6 heteroatoms. The van der Waals surface area contributed by atoms with Gasteiger partial charge in [0.2, 0.25) is 0 Å². The average molecular weight is 272 g/mol. The zero-order chi connectivity index (χ0) is 14.4. The van der Waals surface area contributed by atoms with Crippen LogP contribution in [-0.2, 0) is 6.42 Å². The van der Waals surface area contributed by atoms with Gasteiger partial charge in [0, 0.05) is 6.42 Å². The Kier molecular flexibility index (Phi) is 6.36. The third-order valence-electron chi connectivity index (χ3n) is 2.96. The summed E-state index contributed by atoms with van der Waals surface area (Å²) in [4.78, 5) is 0. The number of benzene rings is 1. The highest BCUT2D eigenvalue weighted by molar-refractivity contribution is 5.15. The van der Waals surface area contributed by atoms with E-state index in [-0.39, 0.29) is 6.42 Å². The summed E-state index contributed by atoms with van der Waals surface area (Å²) >= 11 is 0. The third-order valence-corrected chi connectivity index (χ3v) is 2.96. The number of aliphatic hydroxyl groups is 6. The van der Waals surface area contributed by atoms with E-state index in [0.717, 1.165) is 5.56 Å². The Morgan fingerprint density at radius 1 is 0.737 bits per heavy atom. The highest BCUT2D eigenvalue weighted by Gasteiger charge is 2.33. The fourth-order valence-corrected chi connectivity index (χ4v) is 1.74. The Bertz CT molecular complexity index is 357. The fraction of sp³-hybridized carbons (Fsp3) is 0.538. The molecule has 1 aromatic rings. The third kappa shape index (κ3) is 4.54. The van der Waals surface area contributed by atoms with Crippen molar-refractivity contribution in [3.63, 3.8) is 0 Å². The van der Waals surface area contributed by atoms with Crippen LogP contribution in [0.1, 0.15) is 5.56 Å². The van der Waals surface area contributed by atoms with Crippen LogP contribution in [0.5, 0.6) is 0 Å². The molecule has 5 atom stereocenters. The first-order valence-electron chi connectivity index (χ1n) is 6.02. The van der Waals surface area contributed by atoms with Gasteiger partial charge in [-0.15, -0.1) is 0 Å². The van der Waals surface area contributed by atoms with Crippen molar-refractivity contribution in [1.29, 1.82) is 0 Å². The van der Waals surface area contributed by atoms with Crippen molar-refractivity contribution >= 4 is 0 Å². The minimum atomic E-state index is -1.75. The van der Waals surface area contributed by atoms with Crippen LogP contribution in [0.25, 0.3) is 0 Å². The number of hydrogen-bond donors (Lipinski definition) is 6. The molecule has 0 saturated carbocycles. The van der Waals surface area contributed by atoms with Crippen LogP contribution >= 0.6 is 0 Å². The number of hydrogen-bond acceptors (Lipinski definition) is 6. The molecule has 19 heavy (non-hydrogen) atoms. The highest BCUT2D eigenvalue weighted by atomic mass is 16.4. The second-order valence-electron chi connectivity index (χ2n) is 4.48. The molecule has 6 nitrogen and oxygen atoms in total. The van der Waals surface area contributed by atoms with Gasteiger partial charge in [-0.1, -0.05) is 30.3 Å². The zero-order valence-electron chi connectivity index (χ0n) is 10.4. The molecule has 0 aliphatic heterocycles. The number of rotatable bonds is 7. The van der Waals surface area contributed by atoms with Gasteiger partial charge in [-0.25, -0.2) is 0 Å². The first-order chi connectivity index (χ1) is 8.97. The zero-order valence-corrected chi connectivity index (χ0v) is 10.4. The summed E-state index contributed by atoms with van der Waals surface area (Å²) in [6, 6.07) is 8.86.